The zero-order chi connectivity index (χ0) is 10.7. The predicted octanol–water partition coefficient (Wildman–Crippen LogP) is 2.50. The first-order valence-electron chi connectivity index (χ1n) is 5.77. The van der Waals surface area contributed by atoms with Crippen LogP contribution in [-0.2, 0) is 0 Å². The molecule has 0 radical (unpaired) electrons. The molecule has 0 saturated carbocycles. The lowest BCUT2D eigenvalue weighted by molar-refractivity contribution is 0.322. The van der Waals surface area contributed by atoms with Crippen molar-refractivity contribution in [2.75, 3.05) is 25.5 Å². The highest BCUT2D eigenvalue weighted by Gasteiger charge is 2.20. The van der Waals surface area contributed by atoms with Crippen LogP contribution in [0.15, 0.2) is 24.3 Å². The van der Waals surface area contributed by atoms with E-state index in [1.165, 1.54) is 30.6 Å². The fourth-order valence-corrected chi connectivity index (χ4v) is 2.24. The molecule has 1 heterocycles. The molecule has 2 rings (SSSR count). The van der Waals surface area contributed by atoms with Crippen LogP contribution in [0.3, 0.4) is 0 Å². The zero-order valence-corrected chi connectivity index (χ0v) is 9.66. The van der Waals surface area contributed by atoms with Gasteiger partial charge in [-0.2, -0.15) is 0 Å². The highest BCUT2D eigenvalue weighted by atomic mass is 15.2. The minimum atomic E-state index is 0.713. The first-order valence-corrected chi connectivity index (χ1v) is 5.77. The van der Waals surface area contributed by atoms with Gasteiger partial charge in [-0.1, -0.05) is 18.2 Å². The van der Waals surface area contributed by atoms with Crippen LogP contribution < -0.4 is 5.32 Å². The third-order valence-electron chi connectivity index (χ3n) is 3.34. The molecule has 0 amide bonds. The van der Waals surface area contributed by atoms with Gasteiger partial charge in [-0.15, -0.1) is 0 Å². The highest BCUT2D eigenvalue weighted by molar-refractivity contribution is 5.50. The Morgan fingerprint density at radius 3 is 2.87 bits per heavy atom. The Labute approximate surface area is 92.3 Å². The average molecular weight is 204 g/mol. The first-order chi connectivity index (χ1) is 7.27. The molecule has 2 heteroatoms. The van der Waals surface area contributed by atoms with E-state index in [1.807, 2.05) is 0 Å². The number of hydrogen-bond donors (Lipinski definition) is 1. The number of rotatable bonds is 3. The number of nitrogens with one attached hydrogen (secondary N) is 1. The molecular formula is C13H20N2. The molecule has 1 aliphatic rings. The summed E-state index contributed by atoms with van der Waals surface area (Å²) in [7, 11) is 2.22. The topological polar surface area (TPSA) is 15.3 Å². The summed E-state index contributed by atoms with van der Waals surface area (Å²) in [6, 6.07) is 9.20. The summed E-state index contributed by atoms with van der Waals surface area (Å²) in [6.07, 6.45) is 2.67. The Balaban J connectivity index is 1.90. The second-order valence-electron chi connectivity index (χ2n) is 4.47. The summed E-state index contributed by atoms with van der Waals surface area (Å²) in [5, 5.41) is 3.54. The largest absolute Gasteiger partial charge is 0.383 e. The molecule has 1 atom stereocenters. The Hall–Kier alpha value is -1.02. The molecule has 1 saturated heterocycles. The molecule has 0 bridgehead atoms. The van der Waals surface area contributed by atoms with Gasteiger partial charge in [0.25, 0.3) is 0 Å². The summed E-state index contributed by atoms with van der Waals surface area (Å²) < 4.78 is 0. The monoisotopic (exact) mass is 204 g/mol. The van der Waals surface area contributed by atoms with Crippen LogP contribution in [0, 0.1) is 6.92 Å². The molecule has 2 nitrogen and oxygen atoms in total. The number of hydrogen-bond acceptors (Lipinski definition) is 2. The van der Waals surface area contributed by atoms with Gasteiger partial charge in [0, 0.05) is 18.3 Å². The fourth-order valence-electron chi connectivity index (χ4n) is 2.24. The third-order valence-corrected chi connectivity index (χ3v) is 3.34. The van der Waals surface area contributed by atoms with Gasteiger partial charge in [0.15, 0.2) is 0 Å². The smallest absolute Gasteiger partial charge is 0.0370 e. The van der Waals surface area contributed by atoms with Gasteiger partial charge in [-0.05, 0) is 45.0 Å². The molecule has 1 N–H and O–H groups in total. The molecule has 1 aliphatic heterocycles. The van der Waals surface area contributed by atoms with E-state index < -0.39 is 0 Å². The van der Waals surface area contributed by atoms with Crippen LogP contribution in [0.2, 0.25) is 0 Å². The van der Waals surface area contributed by atoms with Crippen molar-refractivity contribution in [3.05, 3.63) is 29.8 Å². The second-order valence-corrected chi connectivity index (χ2v) is 4.47. The lowest BCUT2D eigenvalue weighted by Crippen LogP contribution is -2.31. The third kappa shape index (κ3) is 2.51. The molecule has 1 aromatic rings. The van der Waals surface area contributed by atoms with Crippen molar-refractivity contribution < 1.29 is 0 Å². The van der Waals surface area contributed by atoms with E-state index in [4.69, 9.17) is 0 Å². The summed E-state index contributed by atoms with van der Waals surface area (Å²) >= 11 is 0. The number of aryl methyl sites for hydroxylation is 1. The van der Waals surface area contributed by atoms with E-state index in [-0.39, 0.29) is 0 Å². The lowest BCUT2D eigenvalue weighted by Gasteiger charge is -2.20. The van der Waals surface area contributed by atoms with Gasteiger partial charge < -0.3 is 10.2 Å². The van der Waals surface area contributed by atoms with Crippen molar-refractivity contribution in [1.29, 1.82) is 0 Å². The summed E-state index contributed by atoms with van der Waals surface area (Å²) in [4.78, 5) is 2.45. The lowest BCUT2D eigenvalue weighted by atomic mass is 10.2. The highest BCUT2D eigenvalue weighted by Crippen LogP contribution is 2.17. The number of anilines is 1. The van der Waals surface area contributed by atoms with Crippen LogP contribution in [-0.4, -0.2) is 31.1 Å². The van der Waals surface area contributed by atoms with Gasteiger partial charge in [0.05, 0.1) is 0 Å². The van der Waals surface area contributed by atoms with Gasteiger partial charge in [-0.3, -0.25) is 0 Å². The van der Waals surface area contributed by atoms with Gasteiger partial charge in [0.1, 0.15) is 0 Å². The zero-order valence-electron chi connectivity index (χ0n) is 9.66. The van der Waals surface area contributed by atoms with Crippen LogP contribution in [0.4, 0.5) is 5.69 Å². The number of nitrogens with zero attached hydrogens (tertiary/aromatic N) is 1. The van der Waals surface area contributed by atoms with Crippen LogP contribution in [0.1, 0.15) is 18.4 Å². The predicted molar refractivity (Wildman–Crippen MR) is 65.3 cm³/mol. The van der Waals surface area contributed by atoms with Crippen LogP contribution in [0.5, 0.6) is 0 Å². The minimum absolute atomic E-state index is 0.713. The maximum Gasteiger partial charge on any atom is 0.0370 e. The molecular weight excluding hydrogens is 184 g/mol. The number of para-hydroxylation sites is 1. The van der Waals surface area contributed by atoms with Crippen molar-refractivity contribution in [2.24, 2.45) is 0 Å². The van der Waals surface area contributed by atoms with Crippen molar-refractivity contribution in [1.82, 2.24) is 4.90 Å². The van der Waals surface area contributed by atoms with Crippen LogP contribution >= 0.6 is 0 Å². The van der Waals surface area contributed by atoms with E-state index in [9.17, 15) is 0 Å². The molecule has 82 valence electrons. The Morgan fingerprint density at radius 2 is 2.20 bits per heavy atom. The van der Waals surface area contributed by atoms with Gasteiger partial charge in [-0.25, -0.2) is 0 Å². The Kier molecular flexibility index (Phi) is 3.27. The molecule has 0 aliphatic carbocycles. The minimum Gasteiger partial charge on any atom is -0.383 e. The van der Waals surface area contributed by atoms with E-state index >= 15 is 0 Å². The number of likely N-dealkylation sites (tertiary alicyclic amines) is 1. The van der Waals surface area contributed by atoms with Gasteiger partial charge in [0.2, 0.25) is 0 Å². The average Bonchev–Trinajstić information content (AvgIpc) is 2.63. The molecule has 0 spiro atoms. The molecule has 0 aromatic heterocycles. The number of benzene rings is 1. The normalized spacial score (nSPS) is 21.9. The van der Waals surface area contributed by atoms with Crippen molar-refractivity contribution >= 4 is 5.69 Å². The number of likely N-dealkylation sites (N-methyl/N-ethyl adjacent to an activating group) is 1. The quantitative estimate of drug-likeness (QED) is 0.814. The van der Waals surface area contributed by atoms with Crippen molar-refractivity contribution in [3.8, 4) is 0 Å². The van der Waals surface area contributed by atoms with Crippen LogP contribution in [0.25, 0.3) is 0 Å². The maximum absolute atomic E-state index is 3.54. The van der Waals surface area contributed by atoms with E-state index in [0.29, 0.717) is 6.04 Å². The van der Waals surface area contributed by atoms with E-state index in [2.05, 4.69) is 48.5 Å². The SMILES string of the molecule is Cc1ccccc1NCC1CCCN1C. The summed E-state index contributed by atoms with van der Waals surface area (Å²) in [5.74, 6) is 0. The summed E-state index contributed by atoms with van der Waals surface area (Å²) in [5.41, 5.74) is 2.61. The summed E-state index contributed by atoms with van der Waals surface area (Å²) in [6.45, 7) is 4.47. The standard InChI is InChI=1S/C13H20N2/c1-11-6-3-4-8-13(11)14-10-12-7-5-9-15(12)2/h3-4,6,8,12,14H,5,7,9-10H2,1-2H3. The first kappa shape index (κ1) is 10.5. The maximum atomic E-state index is 3.54. The molecule has 15 heavy (non-hydrogen) atoms. The Bertz CT molecular complexity index is 322. The van der Waals surface area contributed by atoms with E-state index in [1.54, 1.807) is 0 Å². The molecule has 1 aromatic carbocycles. The molecule has 1 fully saturated rings. The molecule has 1 unspecified atom stereocenters. The van der Waals surface area contributed by atoms with Gasteiger partial charge >= 0.3 is 0 Å². The fraction of sp³-hybridized carbons (Fsp3) is 0.538. The van der Waals surface area contributed by atoms with E-state index in [0.717, 1.165) is 6.54 Å². The Morgan fingerprint density at radius 1 is 1.40 bits per heavy atom. The van der Waals surface area contributed by atoms with Crippen molar-refractivity contribution in [3.63, 3.8) is 0 Å². The van der Waals surface area contributed by atoms with Crippen molar-refractivity contribution in [2.45, 2.75) is 25.8 Å². The second kappa shape index (κ2) is 4.67.